The van der Waals surface area contributed by atoms with E-state index in [2.05, 4.69) is 10.3 Å². The van der Waals surface area contributed by atoms with E-state index in [4.69, 9.17) is 0 Å². The first-order chi connectivity index (χ1) is 13.1. The summed E-state index contributed by atoms with van der Waals surface area (Å²) in [5, 5.41) is 12.8. The Labute approximate surface area is 161 Å². The molecule has 1 aliphatic heterocycles. The summed E-state index contributed by atoms with van der Waals surface area (Å²) in [4.78, 5) is 17.4. The number of phenols is 1. The van der Waals surface area contributed by atoms with Crippen LogP contribution >= 0.6 is 11.8 Å². The fourth-order valence-electron chi connectivity index (χ4n) is 2.79. The first-order valence-electron chi connectivity index (χ1n) is 8.41. The van der Waals surface area contributed by atoms with Crippen LogP contribution in [0.15, 0.2) is 76.8 Å². The van der Waals surface area contributed by atoms with Crippen LogP contribution in [-0.2, 0) is 4.79 Å². The van der Waals surface area contributed by atoms with Gasteiger partial charge in [0.05, 0.1) is 10.6 Å². The zero-order valence-corrected chi connectivity index (χ0v) is 15.4. The van der Waals surface area contributed by atoms with E-state index < -0.39 is 0 Å². The smallest absolute Gasteiger partial charge is 0.264 e. The Balaban J connectivity index is 1.61. The van der Waals surface area contributed by atoms with E-state index >= 15 is 0 Å². The van der Waals surface area contributed by atoms with Crippen molar-refractivity contribution in [3.05, 3.63) is 83.0 Å². The van der Waals surface area contributed by atoms with Gasteiger partial charge in [-0.3, -0.25) is 4.79 Å². The number of aromatic nitrogens is 1. The standard InChI is InChI=1S/C21H17N3O2S/c1-14-4-2-5-15(12-14)22-21-23-20(26)19(27-21)13-17-6-3-11-24(17)16-7-9-18(25)10-8-16/h2-13,25H,1H3,(H,22,23,26)/b19-13-. The molecule has 134 valence electrons. The van der Waals surface area contributed by atoms with Gasteiger partial charge in [-0.25, -0.2) is 4.99 Å². The average molecular weight is 375 g/mol. The van der Waals surface area contributed by atoms with Gasteiger partial charge in [-0.2, -0.15) is 0 Å². The number of amidine groups is 1. The van der Waals surface area contributed by atoms with E-state index in [9.17, 15) is 9.90 Å². The molecule has 6 heteroatoms. The number of carbonyl (C=O) groups is 1. The molecule has 0 atom stereocenters. The predicted molar refractivity (Wildman–Crippen MR) is 109 cm³/mol. The van der Waals surface area contributed by atoms with Crippen molar-refractivity contribution >= 4 is 34.6 Å². The van der Waals surface area contributed by atoms with E-state index in [0.29, 0.717) is 10.1 Å². The minimum Gasteiger partial charge on any atom is -0.508 e. The van der Waals surface area contributed by atoms with Crippen LogP contribution < -0.4 is 5.32 Å². The number of nitrogens with zero attached hydrogens (tertiary/aromatic N) is 2. The van der Waals surface area contributed by atoms with E-state index in [0.717, 1.165) is 22.6 Å². The lowest BCUT2D eigenvalue weighted by atomic mass is 10.2. The third kappa shape index (κ3) is 3.80. The van der Waals surface area contributed by atoms with Gasteiger partial charge in [0.2, 0.25) is 0 Å². The zero-order chi connectivity index (χ0) is 18.8. The summed E-state index contributed by atoms with van der Waals surface area (Å²) in [5.41, 5.74) is 3.71. The third-order valence-corrected chi connectivity index (χ3v) is 4.98. The molecule has 1 amide bonds. The maximum absolute atomic E-state index is 12.3. The summed E-state index contributed by atoms with van der Waals surface area (Å²) in [6.45, 7) is 2.01. The molecule has 0 unspecified atom stereocenters. The second-order valence-corrected chi connectivity index (χ2v) is 7.17. The molecule has 0 spiro atoms. The van der Waals surface area contributed by atoms with Gasteiger partial charge < -0.3 is 15.0 Å². The highest BCUT2D eigenvalue weighted by Crippen LogP contribution is 2.29. The summed E-state index contributed by atoms with van der Waals surface area (Å²) in [6.07, 6.45) is 3.75. The molecule has 0 bridgehead atoms. The SMILES string of the molecule is Cc1cccc(N=C2NC(=O)/C(=C/c3cccn3-c3ccc(O)cc3)S2)c1. The number of aryl methyl sites for hydroxylation is 1. The fourth-order valence-corrected chi connectivity index (χ4v) is 3.62. The normalized spacial score (nSPS) is 16.9. The molecule has 1 aliphatic rings. The molecule has 0 radical (unpaired) electrons. The number of benzene rings is 2. The van der Waals surface area contributed by atoms with Gasteiger partial charge in [0.1, 0.15) is 5.75 Å². The number of hydrogen-bond acceptors (Lipinski definition) is 4. The monoisotopic (exact) mass is 375 g/mol. The van der Waals surface area contributed by atoms with Crippen molar-refractivity contribution < 1.29 is 9.90 Å². The van der Waals surface area contributed by atoms with Gasteiger partial charge >= 0.3 is 0 Å². The fraction of sp³-hybridized carbons (Fsp3) is 0.0476. The van der Waals surface area contributed by atoms with Gasteiger partial charge in [-0.1, -0.05) is 12.1 Å². The Hall–Kier alpha value is -3.25. The van der Waals surface area contributed by atoms with Crippen LogP contribution in [0.2, 0.25) is 0 Å². The van der Waals surface area contributed by atoms with Crippen molar-refractivity contribution in [1.82, 2.24) is 9.88 Å². The van der Waals surface area contributed by atoms with Crippen LogP contribution in [-0.4, -0.2) is 20.7 Å². The van der Waals surface area contributed by atoms with Crippen LogP contribution in [0.1, 0.15) is 11.3 Å². The Morgan fingerprint density at radius 3 is 2.70 bits per heavy atom. The van der Waals surface area contributed by atoms with Gasteiger partial charge in [0.15, 0.2) is 5.17 Å². The van der Waals surface area contributed by atoms with Gasteiger partial charge in [0.25, 0.3) is 5.91 Å². The molecule has 0 aliphatic carbocycles. The van der Waals surface area contributed by atoms with Crippen molar-refractivity contribution in [1.29, 1.82) is 0 Å². The first kappa shape index (κ1) is 17.2. The molecule has 2 N–H and O–H groups in total. The van der Waals surface area contributed by atoms with Crippen LogP contribution in [0.5, 0.6) is 5.75 Å². The average Bonchev–Trinajstić information content (AvgIpc) is 3.23. The predicted octanol–water partition coefficient (Wildman–Crippen LogP) is 4.38. The number of carbonyl (C=O) groups excluding carboxylic acids is 1. The molecular formula is C21H17N3O2S. The van der Waals surface area contributed by atoms with Gasteiger partial charge in [-0.05, 0) is 78.9 Å². The van der Waals surface area contributed by atoms with E-state index in [-0.39, 0.29) is 11.7 Å². The Morgan fingerprint density at radius 1 is 1.11 bits per heavy atom. The highest BCUT2D eigenvalue weighted by Gasteiger charge is 2.24. The number of aliphatic imine (C=N–C) groups is 1. The van der Waals surface area contributed by atoms with Crippen LogP contribution in [0, 0.1) is 6.92 Å². The van der Waals surface area contributed by atoms with Crippen LogP contribution in [0.25, 0.3) is 11.8 Å². The van der Waals surface area contributed by atoms with E-state index in [1.807, 2.05) is 72.3 Å². The third-order valence-electron chi connectivity index (χ3n) is 4.07. The van der Waals surface area contributed by atoms with Crippen molar-refractivity contribution in [2.45, 2.75) is 6.92 Å². The van der Waals surface area contributed by atoms with Crippen molar-refractivity contribution in [2.75, 3.05) is 0 Å². The van der Waals surface area contributed by atoms with Crippen LogP contribution in [0.3, 0.4) is 0 Å². The summed E-state index contributed by atoms with van der Waals surface area (Å²) >= 11 is 1.32. The summed E-state index contributed by atoms with van der Waals surface area (Å²) < 4.78 is 1.95. The second kappa shape index (κ2) is 7.17. The maximum atomic E-state index is 12.3. The number of rotatable bonds is 3. The number of hydrogen-bond donors (Lipinski definition) is 2. The molecule has 1 saturated heterocycles. The van der Waals surface area contributed by atoms with Gasteiger partial charge in [-0.15, -0.1) is 0 Å². The number of aromatic hydroxyl groups is 1. The van der Waals surface area contributed by atoms with Crippen molar-refractivity contribution in [3.63, 3.8) is 0 Å². The number of nitrogens with one attached hydrogen (secondary N) is 1. The second-order valence-electron chi connectivity index (χ2n) is 6.14. The highest BCUT2D eigenvalue weighted by atomic mass is 32.2. The molecule has 27 heavy (non-hydrogen) atoms. The van der Waals surface area contributed by atoms with Crippen molar-refractivity contribution in [2.24, 2.45) is 4.99 Å². The number of amides is 1. The van der Waals surface area contributed by atoms with E-state index in [1.54, 1.807) is 12.1 Å². The quantitative estimate of drug-likeness (QED) is 0.668. The molecule has 0 saturated carbocycles. The van der Waals surface area contributed by atoms with Crippen LogP contribution in [0.4, 0.5) is 5.69 Å². The summed E-state index contributed by atoms with van der Waals surface area (Å²) in [5.74, 6) is 0.0541. The Kier molecular flexibility index (Phi) is 4.56. The molecular weight excluding hydrogens is 358 g/mol. The Morgan fingerprint density at radius 2 is 1.93 bits per heavy atom. The van der Waals surface area contributed by atoms with E-state index in [1.165, 1.54) is 11.8 Å². The van der Waals surface area contributed by atoms with Gasteiger partial charge in [0, 0.05) is 17.6 Å². The molecule has 1 fully saturated rings. The first-order valence-corrected chi connectivity index (χ1v) is 9.23. The lowest BCUT2D eigenvalue weighted by Crippen LogP contribution is -2.19. The zero-order valence-electron chi connectivity index (χ0n) is 14.6. The Bertz CT molecular complexity index is 1070. The molecule has 1 aromatic heterocycles. The minimum atomic E-state index is -0.162. The largest absolute Gasteiger partial charge is 0.508 e. The van der Waals surface area contributed by atoms with Crippen molar-refractivity contribution in [3.8, 4) is 11.4 Å². The number of thioether (sulfide) groups is 1. The highest BCUT2D eigenvalue weighted by molar-refractivity contribution is 8.18. The minimum absolute atomic E-state index is 0.162. The lowest BCUT2D eigenvalue weighted by Gasteiger charge is -2.06. The summed E-state index contributed by atoms with van der Waals surface area (Å²) in [7, 11) is 0. The topological polar surface area (TPSA) is 66.6 Å². The lowest BCUT2D eigenvalue weighted by molar-refractivity contribution is -0.115. The number of phenolic OH excluding ortho intramolecular Hbond substituents is 1. The maximum Gasteiger partial charge on any atom is 0.264 e. The summed E-state index contributed by atoms with van der Waals surface area (Å²) in [6, 6.07) is 18.6. The molecule has 5 nitrogen and oxygen atoms in total. The molecule has 2 aromatic carbocycles. The molecule has 2 heterocycles. The molecule has 4 rings (SSSR count). The molecule has 3 aromatic rings.